The van der Waals surface area contributed by atoms with Gasteiger partial charge < -0.3 is 4.42 Å². The van der Waals surface area contributed by atoms with E-state index in [9.17, 15) is 0 Å². The van der Waals surface area contributed by atoms with E-state index in [1.165, 1.54) is 49.8 Å². The predicted molar refractivity (Wildman–Crippen MR) is 107 cm³/mol. The smallest absolute Gasteiger partial charge is 0.108 e. The van der Waals surface area contributed by atoms with Crippen LogP contribution in [0.15, 0.2) is 16.7 Å². The van der Waals surface area contributed by atoms with Crippen LogP contribution in [0.3, 0.4) is 0 Å². The largest absolute Gasteiger partial charge is 0.469 e. The molecule has 27 heavy (non-hydrogen) atoms. The van der Waals surface area contributed by atoms with Gasteiger partial charge in [-0.2, -0.15) is 0 Å². The van der Waals surface area contributed by atoms with E-state index < -0.39 is 0 Å². The molecule has 0 aromatic carbocycles. The minimum Gasteiger partial charge on any atom is -0.469 e. The second-order valence-electron chi connectivity index (χ2n) is 12.5. The second-order valence-corrected chi connectivity index (χ2v) is 12.5. The Hall–Kier alpha value is -0.720. The van der Waals surface area contributed by atoms with Gasteiger partial charge in [-0.1, -0.05) is 0 Å². The molecular weight excluding hydrogens is 328 g/mol. The maximum absolute atomic E-state index is 6.41. The maximum Gasteiger partial charge on any atom is 0.108 e. The molecule has 0 radical (unpaired) electrons. The van der Waals surface area contributed by atoms with Crippen molar-refractivity contribution in [3.05, 3.63) is 23.7 Å². The number of rotatable bonds is 3. The third kappa shape index (κ3) is 2.24. The quantitative estimate of drug-likeness (QED) is 0.557. The van der Waals surface area contributed by atoms with Gasteiger partial charge in [0.1, 0.15) is 5.76 Å². The Bertz CT molecular complexity index is 639. The van der Waals surface area contributed by atoms with E-state index in [1.807, 2.05) is 0 Å². The lowest BCUT2D eigenvalue weighted by atomic mass is 9.38. The summed E-state index contributed by atoms with van der Waals surface area (Å²) < 4.78 is 6.41. The summed E-state index contributed by atoms with van der Waals surface area (Å²) in [6.07, 6.45) is 20.6. The third-order valence-corrected chi connectivity index (χ3v) is 10.4. The Kier molecular flexibility index (Phi) is 3.13. The molecule has 1 heteroatoms. The maximum atomic E-state index is 6.41. The lowest BCUT2D eigenvalue weighted by molar-refractivity contribution is -0.148. The molecule has 0 saturated heterocycles. The molecule has 0 atom stereocenters. The highest BCUT2D eigenvalue weighted by Crippen LogP contribution is 2.73. The van der Waals surface area contributed by atoms with E-state index in [4.69, 9.17) is 4.42 Å². The Labute approximate surface area is 164 Å². The number of hydrogen-bond donors (Lipinski definition) is 0. The molecule has 1 nitrogen and oxygen atoms in total. The van der Waals surface area contributed by atoms with Gasteiger partial charge in [0.05, 0.1) is 6.26 Å². The summed E-state index contributed by atoms with van der Waals surface area (Å²) in [5.41, 5.74) is 2.53. The van der Waals surface area contributed by atoms with Gasteiger partial charge in [0.25, 0.3) is 0 Å². The van der Waals surface area contributed by atoms with Gasteiger partial charge >= 0.3 is 0 Å². The average Bonchev–Trinajstić information content (AvgIpc) is 2.97. The number of furan rings is 1. The van der Waals surface area contributed by atoms with Crippen molar-refractivity contribution in [2.75, 3.05) is 0 Å². The normalized spacial score (nSPS) is 53.2. The summed E-state index contributed by atoms with van der Waals surface area (Å²) in [4.78, 5) is 0. The lowest BCUT2D eigenvalue weighted by Gasteiger charge is -2.66. The summed E-state index contributed by atoms with van der Waals surface area (Å²) in [6.45, 7) is 2.24. The van der Waals surface area contributed by atoms with Gasteiger partial charge in [0.2, 0.25) is 0 Å². The zero-order chi connectivity index (χ0) is 17.8. The molecule has 0 aliphatic heterocycles. The van der Waals surface area contributed by atoms with Crippen LogP contribution >= 0.6 is 0 Å². The molecule has 1 aromatic rings. The van der Waals surface area contributed by atoms with E-state index in [1.54, 1.807) is 38.5 Å². The second kappa shape index (κ2) is 5.25. The molecule has 8 aliphatic rings. The van der Waals surface area contributed by atoms with Crippen LogP contribution in [0.1, 0.15) is 94.3 Å². The molecular formula is C26H36O. The van der Waals surface area contributed by atoms with Crippen molar-refractivity contribution in [3.8, 4) is 0 Å². The first-order valence-electron chi connectivity index (χ1n) is 12.1. The molecule has 8 aliphatic carbocycles. The zero-order valence-electron chi connectivity index (χ0n) is 17.1. The topological polar surface area (TPSA) is 13.1 Å². The van der Waals surface area contributed by atoms with Crippen LogP contribution in [-0.2, 0) is 0 Å². The fourth-order valence-corrected chi connectivity index (χ4v) is 10.9. The number of aryl methyl sites for hydroxylation is 1. The highest BCUT2D eigenvalue weighted by molar-refractivity contribution is 5.25. The Balaban J connectivity index is 1.37. The van der Waals surface area contributed by atoms with Gasteiger partial charge in [0, 0.05) is 5.92 Å². The van der Waals surface area contributed by atoms with E-state index >= 15 is 0 Å². The van der Waals surface area contributed by atoms with Crippen molar-refractivity contribution < 1.29 is 4.42 Å². The lowest BCUT2D eigenvalue weighted by Crippen LogP contribution is -2.57. The molecule has 0 N–H and O–H groups in total. The van der Waals surface area contributed by atoms with Crippen LogP contribution in [0.5, 0.6) is 0 Å². The summed E-state index contributed by atoms with van der Waals surface area (Å²) in [6, 6.07) is 2.46. The molecule has 0 spiro atoms. The van der Waals surface area contributed by atoms with Crippen LogP contribution in [0.2, 0.25) is 0 Å². The minimum atomic E-state index is 0.588. The van der Waals surface area contributed by atoms with Gasteiger partial charge in [-0.15, -0.1) is 0 Å². The third-order valence-electron chi connectivity index (χ3n) is 10.4. The zero-order valence-corrected chi connectivity index (χ0v) is 17.1. The van der Waals surface area contributed by atoms with Gasteiger partial charge in [-0.3, -0.25) is 0 Å². The monoisotopic (exact) mass is 364 g/mol. The van der Waals surface area contributed by atoms with Crippen molar-refractivity contribution in [3.63, 3.8) is 0 Å². The van der Waals surface area contributed by atoms with Crippen LogP contribution < -0.4 is 0 Å². The molecule has 9 rings (SSSR count). The fraction of sp³-hybridized carbons (Fsp3) is 0.846. The summed E-state index contributed by atoms with van der Waals surface area (Å²) in [5, 5.41) is 0. The van der Waals surface area contributed by atoms with E-state index in [2.05, 4.69) is 19.3 Å². The molecule has 1 heterocycles. The molecule has 1 aromatic heterocycles. The molecule has 146 valence electrons. The van der Waals surface area contributed by atoms with Crippen molar-refractivity contribution in [1.29, 1.82) is 0 Å². The average molecular weight is 365 g/mol. The van der Waals surface area contributed by atoms with Crippen LogP contribution in [0.4, 0.5) is 0 Å². The van der Waals surface area contributed by atoms with Crippen molar-refractivity contribution >= 4 is 0 Å². The first kappa shape index (κ1) is 16.1. The van der Waals surface area contributed by atoms with E-state index in [-0.39, 0.29) is 0 Å². The van der Waals surface area contributed by atoms with Gasteiger partial charge in [-0.05, 0) is 142 Å². The predicted octanol–water partition coefficient (Wildman–Crippen LogP) is 7.10. The SMILES string of the molecule is Cc1coc(C(C23CC4CC(CC(C4)C2)C3)C23CC4CC(CC(C4)C2)C3)c1. The van der Waals surface area contributed by atoms with Crippen LogP contribution in [0.25, 0.3) is 0 Å². The van der Waals surface area contributed by atoms with E-state index in [0.29, 0.717) is 10.8 Å². The van der Waals surface area contributed by atoms with Crippen molar-refractivity contribution in [1.82, 2.24) is 0 Å². The highest BCUT2D eigenvalue weighted by atomic mass is 16.3. The van der Waals surface area contributed by atoms with Crippen molar-refractivity contribution in [2.45, 2.75) is 89.9 Å². The van der Waals surface area contributed by atoms with Crippen molar-refractivity contribution in [2.24, 2.45) is 46.3 Å². The van der Waals surface area contributed by atoms with Gasteiger partial charge in [0.15, 0.2) is 0 Å². The Morgan fingerprint density at radius 3 is 1.37 bits per heavy atom. The highest BCUT2D eigenvalue weighted by Gasteiger charge is 2.63. The summed E-state index contributed by atoms with van der Waals surface area (Å²) in [5.74, 6) is 8.42. The van der Waals surface area contributed by atoms with E-state index in [0.717, 1.165) is 41.4 Å². The Morgan fingerprint density at radius 1 is 0.704 bits per heavy atom. The molecule has 8 saturated carbocycles. The van der Waals surface area contributed by atoms with Crippen LogP contribution in [-0.4, -0.2) is 0 Å². The van der Waals surface area contributed by atoms with Gasteiger partial charge in [-0.25, -0.2) is 0 Å². The molecule has 8 fully saturated rings. The summed E-state index contributed by atoms with van der Waals surface area (Å²) >= 11 is 0. The Morgan fingerprint density at radius 2 is 1.07 bits per heavy atom. The molecule has 0 unspecified atom stereocenters. The standard InChI is InChI=1S/C26H36O/c1-16-2-23(27-15-16)24(25-9-17-3-18(10-25)5-19(4-17)11-25)26-12-20-6-21(13-26)8-22(7-20)14-26/h2,15,17-22,24H,3-14H2,1H3. The molecule has 8 bridgehead atoms. The van der Waals surface area contributed by atoms with Crippen LogP contribution in [0, 0.1) is 53.3 Å². The molecule has 0 amide bonds. The number of hydrogen-bond acceptors (Lipinski definition) is 1. The minimum absolute atomic E-state index is 0.588. The fourth-order valence-electron chi connectivity index (χ4n) is 10.9. The first-order chi connectivity index (χ1) is 13.1. The first-order valence-corrected chi connectivity index (χ1v) is 12.1. The summed E-state index contributed by atoms with van der Waals surface area (Å²) in [7, 11) is 0.